The summed E-state index contributed by atoms with van der Waals surface area (Å²) in [5.74, 6) is -0.434. The van der Waals surface area contributed by atoms with Gasteiger partial charge in [0.2, 0.25) is 0 Å². The molecule has 0 aromatic heterocycles. The van der Waals surface area contributed by atoms with Crippen molar-refractivity contribution in [3.8, 4) is 11.5 Å². The molecule has 0 bridgehead atoms. The number of hydrogen-bond acceptors (Lipinski definition) is 4. The topological polar surface area (TPSA) is 67.8 Å². The minimum atomic E-state index is -2.93. The Hall–Kier alpha value is -2.05. The summed E-state index contributed by atoms with van der Waals surface area (Å²) in [5, 5.41) is 11.6. The highest BCUT2D eigenvalue weighted by Crippen LogP contribution is 2.31. The Bertz CT molecular complexity index is 454. The van der Waals surface area contributed by atoms with Gasteiger partial charge < -0.3 is 19.9 Å². The van der Waals surface area contributed by atoms with Gasteiger partial charge in [0.15, 0.2) is 0 Å². The van der Waals surface area contributed by atoms with Gasteiger partial charge in [-0.2, -0.15) is 8.78 Å². The summed E-state index contributed by atoms with van der Waals surface area (Å²) < 4.78 is 34.1. The molecule has 1 aromatic rings. The van der Waals surface area contributed by atoms with Crippen molar-refractivity contribution >= 4 is 11.7 Å². The zero-order chi connectivity index (χ0) is 15.1. The second-order valence-electron chi connectivity index (χ2n) is 4.22. The molecule has 0 aliphatic rings. The molecule has 5 nitrogen and oxygen atoms in total. The fourth-order valence-corrected chi connectivity index (χ4v) is 1.63. The average Bonchev–Trinajstić information content (AvgIpc) is 2.38. The van der Waals surface area contributed by atoms with Crippen LogP contribution in [0.3, 0.4) is 0 Å². The summed E-state index contributed by atoms with van der Waals surface area (Å²) in [7, 11) is 1.46. The summed E-state index contributed by atoms with van der Waals surface area (Å²) >= 11 is 0. The highest BCUT2D eigenvalue weighted by molar-refractivity contribution is 5.67. The number of carbonyl (C=O) groups is 1. The lowest BCUT2D eigenvalue weighted by atomic mass is 10.1. The maximum Gasteiger partial charge on any atom is 0.387 e. The van der Waals surface area contributed by atoms with Crippen molar-refractivity contribution in [3.63, 3.8) is 0 Å². The van der Waals surface area contributed by atoms with Crippen molar-refractivity contribution in [2.45, 2.75) is 32.4 Å². The van der Waals surface area contributed by atoms with E-state index >= 15 is 0 Å². The third-order valence-corrected chi connectivity index (χ3v) is 2.60. The average molecular weight is 289 g/mol. The summed E-state index contributed by atoms with van der Waals surface area (Å²) in [6, 6.07) is 4.19. The molecule has 20 heavy (non-hydrogen) atoms. The van der Waals surface area contributed by atoms with Gasteiger partial charge in [0.05, 0.1) is 12.8 Å². The molecule has 0 saturated heterocycles. The van der Waals surface area contributed by atoms with Crippen LogP contribution in [0.2, 0.25) is 0 Å². The molecule has 0 amide bonds. The Balaban J connectivity index is 2.80. The lowest BCUT2D eigenvalue weighted by Gasteiger charge is -2.18. The quantitative estimate of drug-likeness (QED) is 0.770. The number of alkyl halides is 2. The first-order chi connectivity index (χ1) is 9.42. The Labute approximate surface area is 115 Å². The number of carboxylic acids is 1. The first-order valence-electron chi connectivity index (χ1n) is 6.03. The SMILES string of the molecule is COc1ccc(OC(F)F)c(NC(C)CCC(=O)O)c1. The maximum absolute atomic E-state index is 12.3. The van der Waals surface area contributed by atoms with Gasteiger partial charge in [0, 0.05) is 18.5 Å². The largest absolute Gasteiger partial charge is 0.497 e. The molecule has 0 saturated carbocycles. The van der Waals surface area contributed by atoms with Gasteiger partial charge in [0.1, 0.15) is 11.5 Å². The number of nitrogens with one attached hydrogen (secondary N) is 1. The van der Waals surface area contributed by atoms with E-state index in [1.165, 1.54) is 25.3 Å². The van der Waals surface area contributed by atoms with Gasteiger partial charge >= 0.3 is 12.6 Å². The smallest absolute Gasteiger partial charge is 0.387 e. The molecule has 7 heteroatoms. The first kappa shape index (κ1) is 16.0. The van der Waals surface area contributed by atoms with E-state index in [4.69, 9.17) is 9.84 Å². The number of aliphatic carboxylic acids is 1. The third-order valence-electron chi connectivity index (χ3n) is 2.60. The summed E-state index contributed by atoms with van der Waals surface area (Å²) in [6.07, 6.45) is 0.351. The van der Waals surface area contributed by atoms with Gasteiger partial charge in [-0.1, -0.05) is 0 Å². The minimum Gasteiger partial charge on any atom is -0.497 e. The van der Waals surface area contributed by atoms with Crippen molar-refractivity contribution in [3.05, 3.63) is 18.2 Å². The van der Waals surface area contributed by atoms with Crippen LogP contribution in [0.1, 0.15) is 19.8 Å². The van der Waals surface area contributed by atoms with Crippen LogP contribution in [0.25, 0.3) is 0 Å². The molecular formula is C13H17F2NO4. The Morgan fingerprint density at radius 1 is 1.45 bits per heavy atom. The fraction of sp³-hybridized carbons (Fsp3) is 0.462. The van der Waals surface area contributed by atoms with Crippen LogP contribution < -0.4 is 14.8 Å². The van der Waals surface area contributed by atoms with E-state index in [0.717, 1.165) is 0 Å². The lowest BCUT2D eigenvalue weighted by Crippen LogP contribution is -2.17. The van der Waals surface area contributed by atoms with Crippen LogP contribution in [0.15, 0.2) is 18.2 Å². The van der Waals surface area contributed by atoms with Gasteiger partial charge in [-0.3, -0.25) is 4.79 Å². The number of rotatable bonds is 8. The molecule has 2 N–H and O–H groups in total. The molecule has 0 fully saturated rings. The van der Waals surface area contributed by atoms with Gasteiger partial charge in [0.25, 0.3) is 0 Å². The second-order valence-corrected chi connectivity index (χ2v) is 4.22. The van der Waals surface area contributed by atoms with Crippen molar-refractivity contribution < 1.29 is 28.2 Å². The Morgan fingerprint density at radius 2 is 2.15 bits per heavy atom. The normalized spacial score (nSPS) is 12.1. The van der Waals surface area contributed by atoms with E-state index in [1.807, 2.05) is 0 Å². The van der Waals surface area contributed by atoms with Crippen LogP contribution in [0, 0.1) is 0 Å². The van der Waals surface area contributed by atoms with Crippen LogP contribution in [-0.2, 0) is 4.79 Å². The van der Waals surface area contributed by atoms with Crippen LogP contribution in [-0.4, -0.2) is 30.8 Å². The molecule has 1 unspecified atom stereocenters. The monoisotopic (exact) mass is 289 g/mol. The van der Waals surface area contributed by atoms with Crippen LogP contribution in [0.5, 0.6) is 11.5 Å². The van der Waals surface area contributed by atoms with E-state index in [0.29, 0.717) is 17.9 Å². The molecule has 0 radical (unpaired) electrons. The number of halogens is 2. The van der Waals surface area contributed by atoms with Crippen molar-refractivity contribution in [1.29, 1.82) is 0 Å². The molecule has 0 aliphatic carbocycles. The fourth-order valence-electron chi connectivity index (χ4n) is 1.63. The molecule has 1 rings (SSSR count). The number of methoxy groups -OCH3 is 1. The number of carboxylic acid groups (broad SMARTS) is 1. The molecular weight excluding hydrogens is 272 g/mol. The van der Waals surface area contributed by atoms with Crippen molar-refractivity contribution in [2.24, 2.45) is 0 Å². The number of anilines is 1. The Morgan fingerprint density at radius 3 is 2.70 bits per heavy atom. The highest BCUT2D eigenvalue weighted by atomic mass is 19.3. The molecule has 1 aromatic carbocycles. The molecule has 0 heterocycles. The van der Waals surface area contributed by atoms with E-state index in [9.17, 15) is 13.6 Å². The van der Waals surface area contributed by atoms with E-state index in [1.54, 1.807) is 6.92 Å². The predicted molar refractivity (Wildman–Crippen MR) is 69.6 cm³/mol. The number of ether oxygens (including phenoxy) is 2. The summed E-state index contributed by atoms with van der Waals surface area (Å²) in [6.45, 7) is -1.17. The summed E-state index contributed by atoms with van der Waals surface area (Å²) in [4.78, 5) is 10.5. The molecule has 0 aliphatic heterocycles. The molecule has 1 atom stereocenters. The van der Waals surface area contributed by atoms with Gasteiger partial charge in [-0.05, 0) is 25.5 Å². The third kappa shape index (κ3) is 5.29. The van der Waals surface area contributed by atoms with Crippen LogP contribution in [0.4, 0.5) is 14.5 Å². The van der Waals surface area contributed by atoms with E-state index in [-0.39, 0.29) is 18.2 Å². The van der Waals surface area contributed by atoms with Crippen molar-refractivity contribution in [2.75, 3.05) is 12.4 Å². The second kappa shape index (κ2) is 7.52. The van der Waals surface area contributed by atoms with E-state index in [2.05, 4.69) is 10.1 Å². The number of benzene rings is 1. The maximum atomic E-state index is 12.3. The zero-order valence-corrected chi connectivity index (χ0v) is 11.2. The molecule has 112 valence electrons. The first-order valence-corrected chi connectivity index (χ1v) is 6.03. The van der Waals surface area contributed by atoms with Gasteiger partial charge in [-0.15, -0.1) is 0 Å². The highest BCUT2D eigenvalue weighted by Gasteiger charge is 2.13. The molecule has 0 spiro atoms. The lowest BCUT2D eigenvalue weighted by molar-refractivity contribution is -0.137. The summed E-state index contributed by atoms with van der Waals surface area (Å²) in [5.41, 5.74) is 0.336. The number of hydrogen-bond donors (Lipinski definition) is 2. The minimum absolute atomic E-state index is 0.0107. The Kier molecular flexibility index (Phi) is 6.02. The predicted octanol–water partition coefficient (Wildman–Crippen LogP) is 2.96. The zero-order valence-electron chi connectivity index (χ0n) is 11.2. The van der Waals surface area contributed by atoms with Crippen molar-refractivity contribution in [1.82, 2.24) is 0 Å². The van der Waals surface area contributed by atoms with Gasteiger partial charge in [-0.25, -0.2) is 0 Å². The van der Waals surface area contributed by atoms with Crippen LogP contribution >= 0.6 is 0 Å². The van der Waals surface area contributed by atoms with E-state index < -0.39 is 12.6 Å². The standard InChI is InChI=1S/C13H17F2NO4/c1-8(3-6-12(17)18)16-10-7-9(19-2)4-5-11(10)20-13(14)15/h4-5,7-8,13,16H,3,6H2,1-2H3,(H,17,18).